The normalized spacial score (nSPS) is 16.5. The first-order valence-corrected chi connectivity index (χ1v) is 9.79. The summed E-state index contributed by atoms with van der Waals surface area (Å²) in [6.45, 7) is 1.13. The lowest BCUT2D eigenvalue weighted by Crippen LogP contribution is -2.39. The van der Waals surface area contributed by atoms with Gasteiger partial charge in [-0.3, -0.25) is 4.98 Å². The molecule has 6 heteroatoms. The van der Waals surface area contributed by atoms with Crippen molar-refractivity contribution in [2.75, 3.05) is 6.54 Å². The second kappa shape index (κ2) is 7.96. The minimum Gasteiger partial charge on any atom is -0.459 e. The van der Waals surface area contributed by atoms with Crippen molar-refractivity contribution in [2.45, 2.75) is 25.4 Å². The molecule has 0 bridgehead atoms. The van der Waals surface area contributed by atoms with E-state index in [0.29, 0.717) is 6.54 Å². The van der Waals surface area contributed by atoms with E-state index in [-0.39, 0.29) is 12.1 Å². The molecule has 1 fully saturated rings. The zero-order valence-corrected chi connectivity index (χ0v) is 16.4. The van der Waals surface area contributed by atoms with Crippen molar-refractivity contribution in [3.63, 3.8) is 0 Å². The summed E-state index contributed by atoms with van der Waals surface area (Å²) in [6.07, 6.45) is 5.53. The lowest BCUT2D eigenvalue weighted by atomic mass is 10.1. The maximum Gasteiger partial charge on any atom is 0.318 e. The number of urea groups is 1. The Balaban J connectivity index is 1.39. The van der Waals surface area contributed by atoms with E-state index in [0.717, 1.165) is 46.5 Å². The number of aromatic nitrogens is 1. The van der Waals surface area contributed by atoms with Crippen molar-refractivity contribution in [1.82, 2.24) is 15.2 Å². The molecule has 1 atom stereocenters. The summed E-state index contributed by atoms with van der Waals surface area (Å²) >= 11 is 3.43. The number of hydrogen-bond donors (Lipinski definition) is 1. The van der Waals surface area contributed by atoms with E-state index in [1.54, 1.807) is 12.4 Å². The number of hydrogen-bond acceptors (Lipinski definition) is 3. The molecule has 5 nitrogen and oxygen atoms in total. The zero-order valence-electron chi connectivity index (χ0n) is 14.8. The molecule has 1 aromatic carbocycles. The van der Waals surface area contributed by atoms with Gasteiger partial charge in [0.2, 0.25) is 0 Å². The second-order valence-corrected chi connectivity index (χ2v) is 7.48. The third-order valence-electron chi connectivity index (χ3n) is 4.81. The van der Waals surface area contributed by atoms with E-state index in [2.05, 4.69) is 26.2 Å². The van der Waals surface area contributed by atoms with Gasteiger partial charge in [0.05, 0.1) is 12.6 Å². The average molecular weight is 426 g/mol. The van der Waals surface area contributed by atoms with E-state index in [9.17, 15) is 4.79 Å². The van der Waals surface area contributed by atoms with Crippen LogP contribution in [0, 0.1) is 0 Å². The van der Waals surface area contributed by atoms with Crippen LogP contribution in [0.1, 0.15) is 30.2 Å². The summed E-state index contributed by atoms with van der Waals surface area (Å²) in [7, 11) is 0. The maximum atomic E-state index is 12.7. The number of pyridine rings is 1. The van der Waals surface area contributed by atoms with Gasteiger partial charge in [-0.1, -0.05) is 28.1 Å². The van der Waals surface area contributed by atoms with Crippen LogP contribution in [-0.2, 0) is 6.54 Å². The van der Waals surface area contributed by atoms with Crippen LogP contribution < -0.4 is 5.32 Å². The molecular formula is C21H20BrN3O2. The molecule has 0 aliphatic carbocycles. The van der Waals surface area contributed by atoms with Gasteiger partial charge in [0.25, 0.3) is 0 Å². The Bertz CT molecular complexity index is 909. The Hall–Kier alpha value is -2.60. The summed E-state index contributed by atoms with van der Waals surface area (Å²) in [5.41, 5.74) is 2.14. The number of nitrogens with one attached hydrogen (secondary N) is 1. The van der Waals surface area contributed by atoms with Gasteiger partial charge in [-0.2, -0.15) is 0 Å². The molecule has 0 unspecified atom stereocenters. The first-order valence-electron chi connectivity index (χ1n) is 9.00. The molecule has 1 aliphatic heterocycles. The number of amides is 2. The van der Waals surface area contributed by atoms with Crippen molar-refractivity contribution in [3.05, 3.63) is 76.7 Å². The molecule has 27 heavy (non-hydrogen) atoms. The Kier molecular flexibility index (Phi) is 5.25. The third-order valence-corrected chi connectivity index (χ3v) is 5.34. The molecule has 2 amide bonds. The fraction of sp³-hybridized carbons (Fsp3) is 0.238. The molecule has 1 saturated heterocycles. The van der Waals surface area contributed by atoms with E-state index >= 15 is 0 Å². The quantitative estimate of drug-likeness (QED) is 0.628. The van der Waals surface area contributed by atoms with Gasteiger partial charge < -0.3 is 14.6 Å². The number of rotatable bonds is 4. The molecule has 1 N–H and O–H groups in total. The van der Waals surface area contributed by atoms with Crippen LogP contribution in [-0.4, -0.2) is 22.5 Å². The van der Waals surface area contributed by atoms with E-state index in [1.807, 2.05) is 53.4 Å². The van der Waals surface area contributed by atoms with Gasteiger partial charge in [-0.25, -0.2) is 4.79 Å². The van der Waals surface area contributed by atoms with Gasteiger partial charge in [-0.05, 0) is 54.8 Å². The molecule has 3 heterocycles. The van der Waals surface area contributed by atoms with Crippen LogP contribution >= 0.6 is 15.9 Å². The third kappa shape index (κ3) is 4.06. The van der Waals surface area contributed by atoms with Crippen molar-refractivity contribution in [3.8, 4) is 11.3 Å². The van der Waals surface area contributed by atoms with E-state index in [4.69, 9.17) is 4.42 Å². The van der Waals surface area contributed by atoms with Crippen LogP contribution in [0.3, 0.4) is 0 Å². The summed E-state index contributed by atoms with van der Waals surface area (Å²) < 4.78 is 6.90. The standard InChI is InChI=1S/C21H20BrN3O2/c22-17-5-3-16(4-6-17)20-8-7-18(27-20)14-24-21(26)25-13-1-2-19(25)15-9-11-23-12-10-15/h3-12,19H,1-2,13-14H2,(H,24,26)/t19-/m0/s1. The van der Waals surface area contributed by atoms with Crippen LogP contribution in [0.4, 0.5) is 4.79 Å². The SMILES string of the molecule is O=C(NCc1ccc(-c2ccc(Br)cc2)o1)N1CCC[C@H]1c1ccncc1. The highest BCUT2D eigenvalue weighted by Crippen LogP contribution is 2.31. The average Bonchev–Trinajstić information content (AvgIpc) is 3.37. The Morgan fingerprint density at radius 3 is 2.70 bits per heavy atom. The minimum absolute atomic E-state index is 0.0593. The molecule has 1 aliphatic rings. The van der Waals surface area contributed by atoms with Gasteiger partial charge >= 0.3 is 6.03 Å². The molecule has 2 aromatic heterocycles. The number of benzene rings is 1. The van der Waals surface area contributed by atoms with Gasteiger partial charge in [0, 0.05) is 29.0 Å². The highest BCUT2D eigenvalue weighted by Gasteiger charge is 2.29. The van der Waals surface area contributed by atoms with Gasteiger partial charge in [0.15, 0.2) is 0 Å². The van der Waals surface area contributed by atoms with Gasteiger partial charge in [-0.15, -0.1) is 0 Å². The molecule has 4 rings (SSSR count). The molecular weight excluding hydrogens is 406 g/mol. The van der Waals surface area contributed by atoms with E-state index < -0.39 is 0 Å². The second-order valence-electron chi connectivity index (χ2n) is 6.56. The summed E-state index contributed by atoms with van der Waals surface area (Å²) in [5, 5.41) is 2.98. The van der Waals surface area contributed by atoms with Gasteiger partial charge in [0.1, 0.15) is 11.5 Å². The van der Waals surface area contributed by atoms with Crippen LogP contribution in [0.5, 0.6) is 0 Å². The predicted molar refractivity (Wildman–Crippen MR) is 107 cm³/mol. The number of nitrogens with zero attached hydrogens (tertiary/aromatic N) is 2. The first kappa shape index (κ1) is 17.8. The van der Waals surface area contributed by atoms with Crippen molar-refractivity contribution < 1.29 is 9.21 Å². The molecule has 0 spiro atoms. The fourth-order valence-electron chi connectivity index (χ4n) is 3.45. The van der Waals surface area contributed by atoms with Crippen LogP contribution in [0.15, 0.2) is 69.8 Å². The molecule has 3 aromatic rings. The maximum absolute atomic E-state index is 12.7. The highest BCUT2D eigenvalue weighted by atomic mass is 79.9. The highest BCUT2D eigenvalue weighted by molar-refractivity contribution is 9.10. The lowest BCUT2D eigenvalue weighted by molar-refractivity contribution is 0.191. The van der Waals surface area contributed by atoms with E-state index in [1.165, 1.54) is 0 Å². The monoisotopic (exact) mass is 425 g/mol. The van der Waals surface area contributed by atoms with Crippen LogP contribution in [0.25, 0.3) is 11.3 Å². The van der Waals surface area contributed by atoms with Crippen molar-refractivity contribution >= 4 is 22.0 Å². The fourth-order valence-corrected chi connectivity index (χ4v) is 3.71. The number of halogens is 1. The zero-order chi connectivity index (χ0) is 18.6. The lowest BCUT2D eigenvalue weighted by Gasteiger charge is -2.25. The Morgan fingerprint density at radius 2 is 1.93 bits per heavy atom. The summed E-state index contributed by atoms with van der Waals surface area (Å²) in [6, 6.07) is 15.8. The number of furan rings is 1. The number of carbonyl (C=O) groups excluding carboxylic acids is 1. The Morgan fingerprint density at radius 1 is 1.15 bits per heavy atom. The Labute approximate surface area is 166 Å². The number of likely N-dealkylation sites (tertiary alicyclic amines) is 1. The van der Waals surface area contributed by atoms with Crippen LogP contribution in [0.2, 0.25) is 0 Å². The topological polar surface area (TPSA) is 58.4 Å². The summed E-state index contributed by atoms with van der Waals surface area (Å²) in [4.78, 5) is 18.6. The smallest absolute Gasteiger partial charge is 0.318 e. The largest absolute Gasteiger partial charge is 0.459 e. The number of carbonyl (C=O) groups is 1. The minimum atomic E-state index is -0.0593. The summed E-state index contributed by atoms with van der Waals surface area (Å²) in [5.74, 6) is 1.53. The van der Waals surface area contributed by atoms with Crippen molar-refractivity contribution in [1.29, 1.82) is 0 Å². The predicted octanol–water partition coefficient (Wildman–Crippen LogP) is 5.15. The molecule has 0 radical (unpaired) electrons. The first-order chi connectivity index (χ1) is 13.2. The molecule has 0 saturated carbocycles. The molecule has 138 valence electrons. The van der Waals surface area contributed by atoms with Crippen molar-refractivity contribution in [2.24, 2.45) is 0 Å².